The number of hydrogen-bond donors (Lipinski definition) is 0. The number of nitrogens with zero attached hydrogens (tertiary/aromatic N) is 1. The number of Topliss-reactive ketones (excluding diaryl/α,β-unsaturated/α-hetero) is 1. The molecule has 1 aromatic rings. The number of ether oxygens (including phenoxy) is 1. The number of esters is 1. The Bertz CT molecular complexity index is 876. The predicted octanol–water partition coefficient (Wildman–Crippen LogP) is 5.32. The van der Waals surface area contributed by atoms with Gasteiger partial charge in [0.25, 0.3) is 0 Å². The minimum absolute atomic E-state index is 0.108. The van der Waals surface area contributed by atoms with Crippen LogP contribution in [0.5, 0.6) is 5.75 Å². The van der Waals surface area contributed by atoms with Gasteiger partial charge in [-0.2, -0.15) is 0 Å². The highest BCUT2D eigenvalue weighted by molar-refractivity contribution is 6.03. The van der Waals surface area contributed by atoms with E-state index in [1.54, 1.807) is 12.1 Å². The quantitative estimate of drug-likeness (QED) is 0.264. The van der Waals surface area contributed by atoms with E-state index in [0.29, 0.717) is 5.75 Å². The van der Waals surface area contributed by atoms with E-state index in [1.165, 1.54) is 18.9 Å². The number of hydrogen-bond acceptors (Lipinski definition) is 4. The van der Waals surface area contributed by atoms with E-state index in [1.807, 2.05) is 32.1 Å². The molecule has 3 atom stereocenters. The molecule has 3 rings (SSSR count). The maximum Gasteiger partial charge on any atom is 0.336 e. The molecule has 0 amide bonds. The molecular formula is C26H35NO3. The Morgan fingerprint density at radius 1 is 1.30 bits per heavy atom. The van der Waals surface area contributed by atoms with Gasteiger partial charge in [0, 0.05) is 18.2 Å². The summed E-state index contributed by atoms with van der Waals surface area (Å²) in [5.74, 6) is 1.18. The second kappa shape index (κ2) is 8.89. The van der Waals surface area contributed by atoms with E-state index in [0.717, 1.165) is 35.6 Å². The molecule has 0 N–H and O–H groups in total. The number of fused-ring (bicyclic) bond motifs is 1. The maximum absolute atomic E-state index is 13.4. The predicted molar refractivity (Wildman–Crippen MR) is 121 cm³/mol. The molecule has 162 valence electrons. The summed E-state index contributed by atoms with van der Waals surface area (Å²) in [5.41, 5.74) is 2.72. The third kappa shape index (κ3) is 4.59. The topological polar surface area (TPSA) is 46.6 Å². The first-order valence-corrected chi connectivity index (χ1v) is 11.1. The summed E-state index contributed by atoms with van der Waals surface area (Å²) in [6, 6.07) is 5.38. The Morgan fingerprint density at radius 3 is 2.60 bits per heavy atom. The molecule has 0 saturated heterocycles. The van der Waals surface area contributed by atoms with Crippen LogP contribution in [-0.2, 0) is 10.2 Å². The summed E-state index contributed by atoms with van der Waals surface area (Å²) in [4.78, 5) is 27.9. The molecule has 0 aliphatic heterocycles. The van der Waals surface area contributed by atoms with Gasteiger partial charge in [-0.1, -0.05) is 38.5 Å². The normalized spacial score (nSPS) is 26.0. The molecule has 2 aliphatic carbocycles. The van der Waals surface area contributed by atoms with Crippen molar-refractivity contribution in [2.45, 2.75) is 65.3 Å². The molecule has 1 aromatic carbocycles. The first-order valence-electron chi connectivity index (χ1n) is 11.1. The van der Waals surface area contributed by atoms with Crippen LogP contribution in [0.1, 0.15) is 69.8 Å². The second-order valence-electron chi connectivity index (χ2n) is 9.48. The fraction of sp³-hybridized carbons (Fsp3) is 0.538. The molecule has 0 radical (unpaired) electrons. The van der Waals surface area contributed by atoms with E-state index in [4.69, 9.17) is 4.74 Å². The fourth-order valence-electron chi connectivity index (χ4n) is 4.64. The van der Waals surface area contributed by atoms with Gasteiger partial charge in [0.15, 0.2) is 5.78 Å². The van der Waals surface area contributed by atoms with Crippen molar-refractivity contribution in [2.24, 2.45) is 11.8 Å². The van der Waals surface area contributed by atoms with Crippen molar-refractivity contribution in [3.05, 3.63) is 53.1 Å². The van der Waals surface area contributed by atoms with Crippen LogP contribution in [0.2, 0.25) is 0 Å². The molecule has 4 nitrogen and oxygen atoms in total. The van der Waals surface area contributed by atoms with Crippen molar-refractivity contribution in [2.75, 3.05) is 13.6 Å². The lowest BCUT2D eigenvalue weighted by molar-refractivity contribution is -0.129. The smallest absolute Gasteiger partial charge is 0.336 e. The lowest BCUT2D eigenvalue weighted by Crippen LogP contribution is -2.54. The fourth-order valence-corrected chi connectivity index (χ4v) is 4.64. The zero-order valence-corrected chi connectivity index (χ0v) is 19.2. The number of rotatable bonds is 7. The van der Waals surface area contributed by atoms with Crippen LogP contribution >= 0.6 is 0 Å². The number of allylic oxidation sites excluding steroid dienone is 3. The molecule has 2 aliphatic rings. The van der Waals surface area contributed by atoms with E-state index in [9.17, 15) is 9.59 Å². The van der Waals surface area contributed by atoms with Gasteiger partial charge in [0.1, 0.15) is 5.75 Å². The van der Waals surface area contributed by atoms with Crippen molar-refractivity contribution in [1.82, 2.24) is 4.90 Å². The van der Waals surface area contributed by atoms with Gasteiger partial charge in [-0.25, -0.2) is 4.79 Å². The highest BCUT2D eigenvalue weighted by atomic mass is 16.5. The number of carbonyl (C=O) groups excluding carboxylic acids is 2. The monoisotopic (exact) mass is 409 g/mol. The Kier molecular flexibility index (Phi) is 6.66. The molecule has 0 aromatic heterocycles. The molecule has 0 bridgehead atoms. The first kappa shape index (κ1) is 22.5. The molecule has 30 heavy (non-hydrogen) atoms. The maximum atomic E-state index is 13.4. The molecule has 0 heterocycles. The van der Waals surface area contributed by atoms with Crippen molar-refractivity contribution < 1.29 is 14.3 Å². The summed E-state index contributed by atoms with van der Waals surface area (Å²) in [5, 5.41) is 0. The van der Waals surface area contributed by atoms with Crippen LogP contribution < -0.4 is 4.74 Å². The van der Waals surface area contributed by atoms with Gasteiger partial charge in [-0.05, 0) is 81.2 Å². The van der Waals surface area contributed by atoms with Crippen LogP contribution in [-0.4, -0.2) is 36.3 Å². The number of carbonyl (C=O) groups is 2. The van der Waals surface area contributed by atoms with E-state index >= 15 is 0 Å². The summed E-state index contributed by atoms with van der Waals surface area (Å²) < 4.78 is 5.53. The lowest BCUT2D eigenvalue weighted by Gasteiger charge is -2.47. The van der Waals surface area contributed by atoms with Gasteiger partial charge in [0.2, 0.25) is 0 Å². The molecule has 0 unspecified atom stereocenters. The summed E-state index contributed by atoms with van der Waals surface area (Å²) in [6.07, 6.45) is 8.44. The summed E-state index contributed by atoms with van der Waals surface area (Å²) in [7, 11) is 2.09. The van der Waals surface area contributed by atoms with E-state index in [2.05, 4.69) is 32.7 Å². The molecular weight excluding hydrogens is 374 g/mol. The molecule has 1 saturated carbocycles. The van der Waals surface area contributed by atoms with Crippen LogP contribution in [0.25, 0.3) is 0 Å². The summed E-state index contributed by atoms with van der Waals surface area (Å²) >= 11 is 0. The number of benzene rings is 1. The zero-order chi connectivity index (χ0) is 22.1. The molecule has 1 fully saturated rings. The van der Waals surface area contributed by atoms with Gasteiger partial charge < -0.3 is 4.74 Å². The van der Waals surface area contributed by atoms with Gasteiger partial charge >= 0.3 is 5.97 Å². The third-order valence-electron chi connectivity index (χ3n) is 6.95. The average molecular weight is 410 g/mol. The highest BCUT2D eigenvalue weighted by Crippen LogP contribution is 2.46. The molecule has 0 spiro atoms. The Hall–Kier alpha value is -2.20. The number of ketones is 1. The van der Waals surface area contributed by atoms with Crippen molar-refractivity contribution >= 4 is 11.8 Å². The average Bonchev–Trinajstić information content (AvgIpc) is 3.50. The van der Waals surface area contributed by atoms with E-state index < -0.39 is 5.97 Å². The second-order valence-corrected chi connectivity index (χ2v) is 9.48. The van der Waals surface area contributed by atoms with Crippen molar-refractivity contribution in [3.8, 4) is 5.75 Å². The Morgan fingerprint density at radius 2 is 2.00 bits per heavy atom. The van der Waals surface area contributed by atoms with Gasteiger partial charge in [-0.3, -0.25) is 9.69 Å². The van der Waals surface area contributed by atoms with Crippen molar-refractivity contribution in [1.29, 1.82) is 0 Å². The molecule has 4 heteroatoms. The number of likely N-dealkylation sites (N-methyl/N-ethyl adjacent to an activating group) is 1. The van der Waals surface area contributed by atoms with Crippen molar-refractivity contribution in [3.63, 3.8) is 0 Å². The van der Waals surface area contributed by atoms with E-state index in [-0.39, 0.29) is 23.2 Å². The SMILES string of the molecule is CC[C@@]1(C)c2cc(OC(=O)/C=C/C=C(C)C)ccc2C(=O)[C@@H](N(C)CC2CC2)[C@@H]1C. The first-order chi connectivity index (χ1) is 14.2. The zero-order valence-electron chi connectivity index (χ0n) is 19.2. The minimum Gasteiger partial charge on any atom is -0.423 e. The van der Waals surface area contributed by atoms with Crippen LogP contribution in [0.4, 0.5) is 0 Å². The Balaban J connectivity index is 1.89. The Labute approximate surface area is 181 Å². The summed E-state index contributed by atoms with van der Waals surface area (Å²) in [6.45, 7) is 11.5. The lowest BCUT2D eigenvalue weighted by atomic mass is 9.61. The largest absolute Gasteiger partial charge is 0.423 e. The minimum atomic E-state index is -0.414. The third-order valence-corrected chi connectivity index (χ3v) is 6.95. The van der Waals surface area contributed by atoms with Crippen LogP contribution in [0.3, 0.4) is 0 Å². The standard InChI is InChI=1S/C26H35NO3/c1-7-26(5)18(4)24(27(6)16-19-11-12-19)25(29)21-14-13-20(15-22(21)26)30-23(28)10-8-9-17(2)3/h8-10,13-15,18-19,24H,7,11-12,16H2,1-6H3/b10-8+/t18-,24-,26+/m0/s1. The van der Waals surface area contributed by atoms with Gasteiger partial charge in [0.05, 0.1) is 6.04 Å². The van der Waals surface area contributed by atoms with Gasteiger partial charge in [-0.15, -0.1) is 0 Å². The van der Waals surface area contributed by atoms with Crippen LogP contribution in [0.15, 0.2) is 42.0 Å². The highest BCUT2D eigenvalue weighted by Gasteiger charge is 2.48. The van der Waals surface area contributed by atoms with Crippen LogP contribution in [0, 0.1) is 11.8 Å².